The van der Waals surface area contributed by atoms with Gasteiger partial charge >= 0.3 is 7.60 Å². The number of rotatable bonds is 10. The van der Waals surface area contributed by atoms with Crippen molar-refractivity contribution >= 4 is 15.4 Å². The van der Waals surface area contributed by atoms with Crippen molar-refractivity contribution in [1.82, 2.24) is 0 Å². The van der Waals surface area contributed by atoms with E-state index in [1.165, 1.54) is 7.11 Å². The Morgan fingerprint density at radius 2 is 1.68 bits per heavy atom. The van der Waals surface area contributed by atoms with Crippen LogP contribution in [0.3, 0.4) is 0 Å². The van der Waals surface area contributed by atoms with Gasteiger partial charge in [-0.1, -0.05) is 27.7 Å². The van der Waals surface area contributed by atoms with Gasteiger partial charge in [-0.2, -0.15) is 0 Å². The minimum Gasteiger partial charge on any atom is -0.388 e. The Kier molecular flexibility index (Phi) is 8.16. The van der Waals surface area contributed by atoms with Crippen molar-refractivity contribution in [3.8, 4) is 0 Å². The highest BCUT2D eigenvalue weighted by atomic mass is 31.2. The van der Waals surface area contributed by atoms with E-state index in [4.69, 9.17) is 14.0 Å². The van der Waals surface area contributed by atoms with Gasteiger partial charge in [0.05, 0.1) is 17.7 Å². The molecule has 1 aliphatic rings. The van der Waals surface area contributed by atoms with Gasteiger partial charge in [0.2, 0.25) is 0 Å². The quantitative estimate of drug-likeness (QED) is 0.388. The minimum absolute atomic E-state index is 0.117. The highest BCUT2D eigenvalue weighted by Crippen LogP contribution is 2.61. The van der Waals surface area contributed by atoms with Crippen molar-refractivity contribution in [1.29, 1.82) is 0 Å². The highest BCUT2D eigenvalue weighted by molar-refractivity contribution is 7.54. The molecule has 1 aliphatic heterocycles. The molecule has 0 spiro atoms. The average molecular weight is 380 g/mol. The summed E-state index contributed by atoms with van der Waals surface area (Å²) >= 11 is 0. The Morgan fingerprint density at radius 1 is 1.16 bits per heavy atom. The molecule has 1 unspecified atom stereocenters. The predicted octanol–water partition coefficient (Wildman–Crippen LogP) is 1.38. The first kappa shape index (κ1) is 23.1. The highest BCUT2D eigenvalue weighted by Gasteiger charge is 2.51. The van der Waals surface area contributed by atoms with Crippen LogP contribution in [0.5, 0.6) is 0 Å². The first-order valence-electron chi connectivity index (χ1n) is 9.17. The maximum absolute atomic E-state index is 12.8. The zero-order valence-electron chi connectivity index (χ0n) is 16.3. The number of aliphatic hydroxyl groups is 2. The molecule has 0 radical (unpaired) electrons. The third-order valence-corrected chi connectivity index (χ3v) is 8.00. The van der Waals surface area contributed by atoms with Crippen LogP contribution in [0.25, 0.3) is 0 Å². The van der Waals surface area contributed by atoms with Crippen LogP contribution in [0.4, 0.5) is 0 Å². The molecule has 9 heteroatoms. The molecule has 7 nitrogen and oxygen atoms in total. The second-order valence-corrected chi connectivity index (χ2v) is 9.02. The Hall–Kier alpha value is 0.0549. The Balaban J connectivity index is 3.03. The van der Waals surface area contributed by atoms with Gasteiger partial charge in [0.1, 0.15) is 20.1 Å². The monoisotopic (exact) mass is 380 g/mol. The third kappa shape index (κ3) is 4.67. The Labute approximate surface area is 152 Å². The van der Waals surface area contributed by atoms with Crippen molar-refractivity contribution in [2.24, 2.45) is 0 Å². The van der Waals surface area contributed by atoms with Crippen LogP contribution in [0.15, 0.2) is 0 Å². The van der Waals surface area contributed by atoms with Gasteiger partial charge in [0.15, 0.2) is 5.34 Å². The fraction of sp³-hybridized carbons (Fsp3) is 1.00. The standard InChI is InChI=1S/C16H34BO7P/c1-6-15(7-2,24-25(20,21)16(19,8-3)9-4)10-11-12(18)13(22-5)14(17)23-11/h11-14,18-19H,6-10,17H2,1-5H3,(H,20,21)/t11-,12-,13-,14-/m1/s1. The van der Waals surface area contributed by atoms with Crippen molar-refractivity contribution in [3.63, 3.8) is 0 Å². The normalized spacial score (nSPS) is 30.4. The van der Waals surface area contributed by atoms with Crippen LogP contribution in [-0.4, -0.2) is 65.3 Å². The van der Waals surface area contributed by atoms with Crippen molar-refractivity contribution in [2.45, 2.75) is 95.1 Å². The molecule has 5 atom stereocenters. The predicted molar refractivity (Wildman–Crippen MR) is 98.4 cm³/mol. The summed E-state index contributed by atoms with van der Waals surface area (Å²) in [6.45, 7) is 7.03. The molecule has 0 amide bonds. The second kappa shape index (κ2) is 8.83. The van der Waals surface area contributed by atoms with E-state index in [2.05, 4.69) is 0 Å². The summed E-state index contributed by atoms with van der Waals surface area (Å²) in [4.78, 5) is 10.5. The zero-order valence-corrected chi connectivity index (χ0v) is 17.2. The number of hydrogen-bond acceptors (Lipinski definition) is 6. The van der Waals surface area contributed by atoms with E-state index in [-0.39, 0.29) is 25.3 Å². The fourth-order valence-corrected chi connectivity index (χ4v) is 5.32. The summed E-state index contributed by atoms with van der Waals surface area (Å²) in [5.74, 6) is 0. The van der Waals surface area contributed by atoms with E-state index in [0.29, 0.717) is 12.8 Å². The van der Waals surface area contributed by atoms with Crippen LogP contribution in [0.1, 0.15) is 59.8 Å². The van der Waals surface area contributed by atoms with Gasteiger partial charge in [-0.15, -0.1) is 0 Å². The summed E-state index contributed by atoms with van der Waals surface area (Å²) in [6, 6.07) is -0.277. The molecule has 0 aromatic rings. The molecule has 148 valence electrons. The molecule has 0 saturated carbocycles. The maximum atomic E-state index is 12.8. The lowest BCUT2D eigenvalue weighted by molar-refractivity contribution is -0.0565. The van der Waals surface area contributed by atoms with E-state index in [0.717, 1.165) is 0 Å². The van der Waals surface area contributed by atoms with E-state index in [1.807, 2.05) is 21.7 Å². The molecule has 1 fully saturated rings. The van der Waals surface area contributed by atoms with E-state index < -0.39 is 36.9 Å². The van der Waals surface area contributed by atoms with Gasteiger partial charge in [-0.3, -0.25) is 9.09 Å². The average Bonchev–Trinajstić information content (AvgIpc) is 2.85. The molecule has 1 rings (SSSR count). The molecule has 0 aliphatic carbocycles. The van der Waals surface area contributed by atoms with Gasteiger partial charge in [0.25, 0.3) is 0 Å². The SMILES string of the molecule is B[C@@H]1O[C@H](CC(CC)(CC)OP(=O)(O)C(O)(CC)CC)[C@@H](O)[C@H]1OC. The minimum atomic E-state index is -4.30. The first-order valence-corrected chi connectivity index (χ1v) is 10.7. The summed E-state index contributed by atoms with van der Waals surface area (Å²) in [5, 5.41) is 19.2. The molecule has 1 saturated heterocycles. The zero-order chi connectivity index (χ0) is 19.5. The largest absolute Gasteiger partial charge is 0.388 e. The molecule has 1 heterocycles. The van der Waals surface area contributed by atoms with Gasteiger partial charge in [0, 0.05) is 13.5 Å². The van der Waals surface area contributed by atoms with Crippen LogP contribution in [0.2, 0.25) is 0 Å². The molecule has 25 heavy (non-hydrogen) atoms. The second-order valence-electron chi connectivity index (χ2n) is 6.97. The Bertz CT molecular complexity index is 467. The van der Waals surface area contributed by atoms with Crippen molar-refractivity contribution in [3.05, 3.63) is 0 Å². The van der Waals surface area contributed by atoms with Crippen LogP contribution < -0.4 is 0 Å². The van der Waals surface area contributed by atoms with Crippen LogP contribution in [-0.2, 0) is 18.6 Å². The first-order chi connectivity index (χ1) is 11.5. The molecule has 0 aromatic heterocycles. The maximum Gasteiger partial charge on any atom is 0.359 e. The number of aliphatic hydroxyl groups excluding tert-OH is 1. The molecular weight excluding hydrogens is 346 g/mol. The third-order valence-electron chi connectivity index (χ3n) is 5.68. The lowest BCUT2D eigenvalue weighted by Gasteiger charge is -2.40. The number of hydrogen-bond donors (Lipinski definition) is 3. The lowest BCUT2D eigenvalue weighted by atomic mass is 9.87. The van der Waals surface area contributed by atoms with Gasteiger partial charge in [-0.25, -0.2) is 0 Å². The molecule has 3 N–H and O–H groups in total. The van der Waals surface area contributed by atoms with Crippen molar-refractivity contribution < 1.29 is 33.7 Å². The van der Waals surface area contributed by atoms with E-state index >= 15 is 0 Å². The molecule has 0 aromatic carbocycles. The number of methoxy groups -OCH3 is 1. The lowest BCUT2D eigenvalue weighted by Crippen LogP contribution is -2.42. The summed E-state index contributed by atoms with van der Waals surface area (Å²) in [5.41, 5.74) is -0.976. The van der Waals surface area contributed by atoms with E-state index in [9.17, 15) is 19.7 Å². The summed E-state index contributed by atoms with van der Waals surface area (Å²) < 4.78 is 29.6. The van der Waals surface area contributed by atoms with Crippen LogP contribution >= 0.6 is 7.60 Å². The Morgan fingerprint density at radius 3 is 2.04 bits per heavy atom. The van der Waals surface area contributed by atoms with Gasteiger partial charge < -0.3 is 24.6 Å². The van der Waals surface area contributed by atoms with Crippen molar-refractivity contribution in [2.75, 3.05) is 7.11 Å². The molecular formula is C16H34BO7P. The fourth-order valence-electron chi connectivity index (χ4n) is 3.49. The van der Waals surface area contributed by atoms with Gasteiger partial charge in [-0.05, 0) is 25.7 Å². The smallest absolute Gasteiger partial charge is 0.359 e. The summed E-state index contributed by atoms with van der Waals surface area (Å²) in [7, 11) is -0.957. The topological polar surface area (TPSA) is 105 Å². The van der Waals surface area contributed by atoms with E-state index in [1.54, 1.807) is 13.8 Å². The summed E-state index contributed by atoms with van der Waals surface area (Å²) in [6.07, 6.45) is -0.448. The number of ether oxygens (including phenoxy) is 2. The van der Waals surface area contributed by atoms with Crippen LogP contribution in [0, 0.1) is 0 Å². The molecule has 0 bridgehead atoms.